The molecule has 0 aromatic heterocycles. The Morgan fingerprint density at radius 1 is 1.06 bits per heavy atom. The summed E-state index contributed by atoms with van der Waals surface area (Å²) in [5.74, 6) is 0.441. The highest BCUT2D eigenvalue weighted by molar-refractivity contribution is 5.44. The summed E-state index contributed by atoms with van der Waals surface area (Å²) in [4.78, 5) is 0. The summed E-state index contributed by atoms with van der Waals surface area (Å²) in [5, 5.41) is 0. The summed E-state index contributed by atoms with van der Waals surface area (Å²) in [6, 6.07) is 7.06. The molecule has 1 aromatic carbocycles. The smallest absolute Gasteiger partial charge is 0.00130 e. The van der Waals surface area contributed by atoms with Gasteiger partial charge in [-0.2, -0.15) is 0 Å². The molecule has 0 nitrogen and oxygen atoms in total. The van der Waals surface area contributed by atoms with Crippen molar-refractivity contribution in [3.63, 3.8) is 0 Å². The van der Waals surface area contributed by atoms with Gasteiger partial charge in [0, 0.05) is 0 Å². The van der Waals surface area contributed by atoms with Crippen LogP contribution in [0, 0.1) is 0 Å². The van der Waals surface area contributed by atoms with E-state index in [4.69, 9.17) is 0 Å². The predicted octanol–water partition coefficient (Wildman–Crippen LogP) is 5.33. The summed E-state index contributed by atoms with van der Waals surface area (Å²) in [6.07, 6.45) is 4.59. The molecule has 18 heavy (non-hydrogen) atoms. The molecular weight excluding hydrogens is 216 g/mol. The molecule has 1 aliphatic rings. The van der Waals surface area contributed by atoms with Crippen molar-refractivity contribution < 1.29 is 0 Å². The van der Waals surface area contributed by atoms with Gasteiger partial charge in [0.05, 0.1) is 0 Å². The molecule has 2 rings (SSSR count). The lowest BCUT2D eigenvalue weighted by Gasteiger charge is -2.42. The van der Waals surface area contributed by atoms with E-state index >= 15 is 0 Å². The lowest BCUT2D eigenvalue weighted by atomic mass is 9.63. The van der Waals surface area contributed by atoms with Gasteiger partial charge in [-0.15, -0.1) is 6.58 Å². The second kappa shape index (κ2) is 4.26. The molecule has 1 atom stereocenters. The highest BCUT2D eigenvalue weighted by atomic mass is 14.4. The zero-order valence-corrected chi connectivity index (χ0v) is 12.5. The minimum atomic E-state index is 0.307. The summed E-state index contributed by atoms with van der Waals surface area (Å²) < 4.78 is 0. The number of hydrogen-bond donors (Lipinski definition) is 0. The molecule has 0 fully saturated rings. The molecule has 1 aromatic rings. The van der Waals surface area contributed by atoms with Crippen LogP contribution in [0.2, 0.25) is 0 Å². The van der Waals surface area contributed by atoms with Crippen molar-refractivity contribution in [2.75, 3.05) is 0 Å². The molecule has 0 heterocycles. The molecule has 98 valence electrons. The van der Waals surface area contributed by atoms with Crippen molar-refractivity contribution in [2.45, 2.75) is 64.2 Å². The van der Waals surface area contributed by atoms with Crippen molar-refractivity contribution in [3.05, 3.63) is 47.5 Å². The third kappa shape index (κ3) is 2.13. The van der Waals surface area contributed by atoms with Crippen LogP contribution in [-0.2, 0) is 10.8 Å². The fraction of sp³-hybridized carbons (Fsp3) is 0.556. The van der Waals surface area contributed by atoms with Crippen LogP contribution in [0.3, 0.4) is 0 Å². The quantitative estimate of drug-likeness (QED) is 0.615. The molecule has 0 radical (unpaired) electrons. The topological polar surface area (TPSA) is 0 Å². The van der Waals surface area contributed by atoms with E-state index in [1.165, 1.54) is 18.4 Å². The van der Waals surface area contributed by atoms with Crippen molar-refractivity contribution in [1.29, 1.82) is 0 Å². The summed E-state index contributed by atoms with van der Waals surface area (Å²) in [5.41, 5.74) is 5.11. The predicted molar refractivity (Wildman–Crippen MR) is 80.3 cm³/mol. The average molecular weight is 242 g/mol. The fourth-order valence-electron chi connectivity index (χ4n) is 3.03. The van der Waals surface area contributed by atoms with Gasteiger partial charge in [0.15, 0.2) is 0 Å². The van der Waals surface area contributed by atoms with Crippen molar-refractivity contribution in [1.82, 2.24) is 0 Å². The first kappa shape index (κ1) is 13.4. The molecule has 0 bridgehead atoms. The minimum absolute atomic E-state index is 0.307. The Hall–Kier alpha value is -1.04. The molecule has 0 aliphatic heterocycles. The van der Waals surface area contributed by atoms with Crippen LogP contribution < -0.4 is 0 Å². The highest BCUT2D eigenvalue weighted by Gasteiger charge is 2.36. The van der Waals surface area contributed by atoms with Gasteiger partial charge in [0.25, 0.3) is 0 Å². The first-order valence-corrected chi connectivity index (χ1v) is 7.05. The fourth-order valence-corrected chi connectivity index (χ4v) is 3.03. The third-order valence-electron chi connectivity index (χ3n) is 4.76. The van der Waals surface area contributed by atoms with Crippen LogP contribution in [0.5, 0.6) is 0 Å². The van der Waals surface area contributed by atoms with Crippen LogP contribution >= 0.6 is 0 Å². The van der Waals surface area contributed by atoms with E-state index in [-0.39, 0.29) is 0 Å². The highest BCUT2D eigenvalue weighted by Crippen LogP contribution is 2.46. The van der Waals surface area contributed by atoms with E-state index in [0.29, 0.717) is 16.7 Å². The second-order valence-corrected chi connectivity index (χ2v) is 7.10. The van der Waals surface area contributed by atoms with Gasteiger partial charge in [-0.05, 0) is 46.3 Å². The monoisotopic (exact) mass is 242 g/mol. The number of allylic oxidation sites excluding steroid dienone is 1. The molecule has 0 amide bonds. The summed E-state index contributed by atoms with van der Waals surface area (Å²) >= 11 is 0. The standard InChI is InChI=1S/C18H26/c1-7-13(2)14-8-9-15-16(12-14)18(5,6)11-10-17(15,3)4/h7-9,12-13H,1,10-11H2,2-6H3/t13-/m0/s1. The third-order valence-corrected chi connectivity index (χ3v) is 4.76. The lowest BCUT2D eigenvalue weighted by Crippen LogP contribution is -2.33. The van der Waals surface area contributed by atoms with Crippen LogP contribution in [-0.4, -0.2) is 0 Å². The van der Waals surface area contributed by atoms with Gasteiger partial charge >= 0.3 is 0 Å². The van der Waals surface area contributed by atoms with Crippen LogP contribution in [0.25, 0.3) is 0 Å². The van der Waals surface area contributed by atoms with Crippen molar-refractivity contribution in [3.8, 4) is 0 Å². The molecule has 0 unspecified atom stereocenters. The van der Waals surface area contributed by atoms with Gasteiger partial charge < -0.3 is 0 Å². The molecule has 0 spiro atoms. The summed E-state index contributed by atoms with van der Waals surface area (Å²) in [6.45, 7) is 15.6. The molecule has 0 saturated carbocycles. The zero-order valence-electron chi connectivity index (χ0n) is 12.5. The van der Waals surface area contributed by atoms with Gasteiger partial charge in [-0.25, -0.2) is 0 Å². The SMILES string of the molecule is C=C[C@H](C)c1ccc2c(c1)C(C)(C)CCC2(C)C. The van der Waals surface area contributed by atoms with Gasteiger partial charge in [-0.1, -0.05) is 58.9 Å². The maximum absolute atomic E-state index is 3.91. The van der Waals surface area contributed by atoms with E-state index in [0.717, 1.165) is 0 Å². The Labute approximate surface area is 112 Å². The lowest BCUT2D eigenvalue weighted by molar-refractivity contribution is 0.331. The van der Waals surface area contributed by atoms with Crippen molar-refractivity contribution >= 4 is 0 Å². The Kier molecular flexibility index (Phi) is 3.17. The molecule has 0 heteroatoms. The molecule has 1 aliphatic carbocycles. The first-order valence-electron chi connectivity index (χ1n) is 7.05. The number of benzene rings is 1. The first-order chi connectivity index (χ1) is 8.28. The van der Waals surface area contributed by atoms with E-state index < -0.39 is 0 Å². The van der Waals surface area contributed by atoms with Crippen molar-refractivity contribution in [2.24, 2.45) is 0 Å². The Morgan fingerprint density at radius 2 is 1.61 bits per heavy atom. The summed E-state index contributed by atoms with van der Waals surface area (Å²) in [7, 11) is 0. The minimum Gasteiger partial charge on any atom is -0.102 e. The number of rotatable bonds is 2. The van der Waals surface area contributed by atoms with E-state index in [9.17, 15) is 0 Å². The van der Waals surface area contributed by atoms with Gasteiger partial charge in [0.1, 0.15) is 0 Å². The Bertz CT molecular complexity index is 463. The number of hydrogen-bond acceptors (Lipinski definition) is 0. The van der Waals surface area contributed by atoms with Gasteiger partial charge in [0.2, 0.25) is 0 Å². The van der Waals surface area contributed by atoms with E-state index in [2.05, 4.69) is 59.4 Å². The van der Waals surface area contributed by atoms with Crippen LogP contribution in [0.15, 0.2) is 30.9 Å². The average Bonchev–Trinajstić information content (AvgIpc) is 2.34. The second-order valence-electron chi connectivity index (χ2n) is 7.10. The van der Waals surface area contributed by atoms with E-state index in [1.807, 2.05) is 6.08 Å². The van der Waals surface area contributed by atoms with Crippen LogP contribution in [0.4, 0.5) is 0 Å². The Morgan fingerprint density at radius 3 is 2.17 bits per heavy atom. The maximum atomic E-state index is 3.91. The number of fused-ring (bicyclic) bond motifs is 1. The van der Waals surface area contributed by atoms with Gasteiger partial charge in [-0.3, -0.25) is 0 Å². The molecular formula is C18H26. The molecule has 0 N–H and O–H groups in total. The zero-order chi connectivity index (χ0) is 13.6. The normalized spacial score (nSPS) is 22.1. The Balaban J connectivity index is 2.58. The molecule has 0 saturated heterocycles. The largest absolute Gasteiger partial charge is 0.102 e. The van der Waals surface area contributed by atoms with E-state index in [1.54, 1.807) is 11.1 Å². The maximum Gasteiger partial charge on any atom is -0.00130 e. The van der Waals surface area contributed by atoms with Crippen LogP contribution in [0.1, 0.15) is 70.1 Å².